The number of aldehydes is 1. The Morgan fingerprint density at radius 3 is 2.61 bits per heavy atom. The van der Waals surface area contributed by atoms with Gasteiger partial charge in [0.25, 0.3) is 5.91 Å². The summed E-state index contributed by atoms with van der Waals surface area (Å²) in [5.74, 6) is 1.12. The summed E-state index contributed by atoms with van der Waals surface area (Å²) in [6.07, 6.45) is 12.5. The van der Waals surface area contributed by atoms with Gasteiger partial charge < -0.3 is 14.0 Å². The van der Waals surface area contributed by atoms with E-state index in [2.05, 4.69) is 58.2 Å². The van der Waals surface area contributed by atoms with E-state index in [-0.39, 0.29) is 17.2 Å². The van der Waals surface area contributed by atoms with Crippen LogP contribution in [0.3, 0.4) is 0 Å². The van der Waals surface area contributed by atoms with Gasteiger partial charge in [0, 0.05) is 40.5 Å². The topological polar surface area (TPSA) is 87.4 Å². The first-order chi connectivity index (χ1) is 22.5. The van der Waals surface area contributed by atoms with E-state index < -0.39 is 0 Å². The zero-order valence-electron chi connectivity index (χ0n) is 26.9. The molecule has 1 N–H and O–H groups in total. The number of carbonyl (C=O) groups excluding carboxylic acids is 2. The van der Waals surface area contributed by atoms with E-state index >= 15 is 0 Å². The largest absolute Gasteiger partial charge is 0.497 e. The van der Waals surface area contributed by atoms with E-state index in [9.17, 15) is 9.59 Å². The molecule has 9 heteroatoms. The van der Waals surface area contributed by atoms with E-state index in [1.807, 2.05) is 12.1 Å². The molecule has 0 unspecified atom stereocenters. The molecule has 1 saturated heterocycles. The highest BCUT2D eigenvalue weighted by atomic mass is 32.2. The lowest BCUT2D eigenvalue weighted by Crippen LogP contribution is -2.22. The van der Waals surface area contributed by atoms with Gasteiger partial charge in [0.2, 0.25) is 0 Å². The lowest BCUT2D eigenvalue weighted by Gasteiger charge is -2.25. The van der Waals surface area contributed by atoms with Crippen molar-refractivity contribution in [1.29, 1.82) is 0 Å². The molecule has 46 heavy (non-hydrogen) atoms. The molecule has 1 aliphatic carbocycles. The van der Waals surface area contributed by atoms with Crippen LogP contribution in [-0.2, 0) is 11.3 Å². The number of benzene rings is 2. The molecule has 240 valence electrons. The van der Waals surface area contributed by atoms with Crippen LogP contribution in [0.1, 0.15) is 108 Å². The molecule has 0 spiro atoms. The number of fused-ring (bicyclic) bond motifs is 5. The van der Waals surface area contributed by atoms with Gasteiger partial charge >= 0.3 is 0 Å². The number of carbonyl (C=O) groups is 2. The smallest absolute Gasteiger partial charge is 0.261 e. The minimum absolute atomic E-state index is 0.0919. The van der Waals surface area contributed by atoms with Crippen LogP contribution < -0.4 is 9.46 Å². The van der Waals surface area contributed by atoms with Gasteiger partial charge in [0.1, 0.15) is 5.75 Å². The summed E-state index contributed by atoms with van der Waals surface area (Å²) in [6.45, 7) is 6.02. The molecule has 4 aromatic rings. The number of ether oxygens (including phenoxy) is 2. The van der Waals surface area contributed by atoms with Crippen molar-refractivity contribution in [3.63, 3.8) is 0 Å². The first kappa shape index (κ1) is 30.8. The fourth-order valence-corrected chi connectivity index (χ4v) is 8.02. The van der Waals surface area contributed by atoms with Crippen LogP contribution in [-0.4, -0.2) is 52.1 Å². The second-order valence-corrected chi connectivity index (χ2v) is 14.4. The second-order valence-electron chi connectivity index (χ2n) is 13.0. The molecule has 2 aromatic heterocycles. The average molecular weight is 639 g/mol. The second kappa shape index (κ2) is 13.1. The van der Waals surface area contributed by atoms with Crippen LogP contribution in [0.15, 0.2) is 42.6 Å². The number of hydrogen-bond donors (Lipinski definition) is 1. The van der Waals surface area contributed by atoms with Gasteiger partial charge in [-0.2, -0.15) is 5.10 Å². The maximum atomic E-state index is 13.3. The molecule has 2 aromatic carbocycles. The SMILES string of the molecule is COc1ccc2c(c1)C=C(c1c(C=O)cnn1C1CCOCC1)Cn1c-2c(C2CCCCC2)c2ccc(C(=O)NSC(C)C)cc21. The minimum Gasteiger partial charge on any atom is -0.497 e. The molecule has 2 fully saturated rings. The molecule has 0 radical (unpaired) electrons. The van der Waals surface area contributed by atoms with Gasteiger partial charge in [-0.25, -0.2) is 0 Å². The zero-order valence-corrected chi connectivity index (χ0v) is 27.7. The molecule has 4 heterocycles. The van der Waals surface area contributed by atoms with E-state index in [4.69, 9.17) is 14.6 Å². The van der Waals surface area contributed by atoms with Gasteiger partial charge in [-0.15, -0.1) is 0 Å². The number of aromatic nitrogens is 3. The third kappa shape index (κ3) is 5.68. The van der Waals surface area contributed by atoms with Crippen molar-refractivity contribution in [2.45, 2.75) is 82.5 Å². The monoisotopic (exact) mass is 638 g/mol. The Morgan fingerprint density at radius 1 is 1.07 bits per heavy atom. The van der Waals surface area contributed by atoms with Crippen molar-refractivity contribution in [1.82, 2.24) is 19.1 Å². The van der Waals surface area contributed by atoms with Crippen LogP contribution in [0.5, 0.6) is 5.75 Å². The molecule has 1 saturated carbocycles. The highest BCUT2D eigenvalue weighted by Crippen LogP contribution is 2.48. The van der Waals surface area contributed by atoms with Crippen LogP contribution in [0.25, 0.3) is 33.8 Å². The Morgan fingerprint density at radius 2 is 1.87 bits per heavy atom. The summed E-state index contributed by atoms with van der Waals surface area (Å²) in [4.78, 5) is 25.9. The van der Waals surface area contributed by atoms with Crippen molar-refractivity contribution in [2.75, 3.05) is 20.3 Å². The Hall–Kier alpha value is -3.82. The lowest BCUT2D eigenvalue weighted by atomic mass is 9.81. The third-order valence-corrected chi connectivity index (χ3v) is 10.5. The number of allylic oxidation sites excluding steroid dienone is 1. The summed E-state index contributed by atoms with van der Waals surface area (Å²) >= 11 is 1.43. The summed E-state index contributed by atoms with van der Waals surface area (Å²) in [5, 5.41) is 6.26. The summed E-state index contributed by atoms with van der Waals surface area (Å²) in [6, 6.07) is 12.7. The molecular formula is C37H42N4O4S. The number of rotatable bonds is 8. The number of nitrogens with one attached hydrogen (secondary N) is 1. The summed E-state index contributed by atoms with van der Waals surface area (Å²) < 4.78 is 18.9. The minimum atomic E-state index is -0.0919. The van der Waals surface area contributed by atoms with Crippen LogP contribution in [0.2, 0.25) is 0 Å². The normalized spacial score (nSPS) is 17.3. The maximum absolute atomic E-state index is 13.3. The number of nitrogens with zero attached hydrogens (tertiary/aromatic N) is 3. The van der Waals surface area contributed by atoms with Crippen molar-refractivity contribution >= 4 is 46.7 Å². The fraction of sp³-hybridized carbons (Fsp3) is 0.432. The molecule has 2 aliphatic heterocycles. The molecular weight excluding hydrogens is 596 g/mol. The number of hydrogen-bond acceptors (Lipinski definition) is 6. The summed E-state index contributed by atoms with van der Waals surface area (Å²) in [7, 11) is 1.70. The molecule has 1 amide bonds. The standard InChI is InChI=1S/C37H42N4O4S/c1-23(2)46-39-37(43)25-9-11-32-33(19-25)40-21-27(35-28(22-42)20-38-41(35)29-13-15-45-16-14-29)17-26-18-30(44-3)10-12-31(26)36(40)34(32)24-7-5-4-6-8-24/h9-12,17-20,22-24,29H,4-8,13-16,21H2,1-3H3,(H,39,43). The van der Waals surface area contributed by atoms with Gasteiger partial charge in [-0.3, -0.25) is 19.0 Å². The predicted molar refractivity (Wildman–Crippen MR) is 185 cm³/mol. The van der Waals surface area contributed by atoms with E-state index in [0.717, 1.165) is 65.6 Å². The first-order valence-electron chi connectivity index (χ1n) is 16.6. The lowest BCUT2D eigenvalue weighted by molar-refractivity contribution is 0.0660. The van der Waals surface area contributed by atoms with E-state index in [0.29, 0.717) is 36.8 Å². The van der Waals surface area contributed by atoms with Crippen LogP contribution >= 0.6 is 11.9 Å². The third-order valence-electron chi connectivity index (χ3n) is 9.73. The zero-order chi connectivity index (χ0) is 31.8. The van der Waals surface area contributed by atoms with Crippen LogP contribution in [0.4, 0.5) is 0 Å². The number of methoxy groups -OCH3 is 1. The quantitative estimate of drug-likeness (QED) is 0.155. The predicted octanol–water partition coefficient (Wildman–Crippen LogP) is 8.07. The average Bonchev–Trinajstić information content (AvgIpc) is 3.61. The number of amides is 1. The van der Waals surface area contributed by atoms with Gasteiger partial charge in [-0.1, -0.05) is 39.2 Å². The van der Waals surface area contributed by atoms with E-state index in [1.165, 1.54) is 47.9 Å². The van der Waals surface area contributed by atoms with Gasteiger partial charge in [0.05, 0.1) is 42.8 Å². The molecule has 8 nitrogen and oxygen atoms in total. The first-order valence-corrected chi connectivity index (χ1v) is 17.5. The van der Waals surface area contributed by atoms with Crippen molar-refractivity contribution in [3.05, 3.63) is 70.5 Å². The maximum Gasteiger partial charge on any atom is 0.261 e. The Balaban J connectivity index is 1.47. The summed E-state index contributed by atoms with van der Waals surface area (Å²) in [5.41, 5.74) is 8.88. The molecule has 3 aliphatic rings. The Kier molecular flexibility index (Phi) is 8.79. The van der Waals surface area contributed by atoms with E-state index in [1.54, 1.807) is 13.3 Å². The van der Waals surface area contributed by atoms with Crippen molar-refractivity contribution < 1.29 is 19.1 Å². The Labute approximate surface area is 274 Å². The Bertz CT molecular complexity index is 1810. The van der Waals surface area contributed by atoms with Gasteiger partial charge in [0.15, 0.2) is 6.29 Å². The van der Waals surface area contributed by atoms with Crippen LogP contribution in [0, 0.1) is 0 Å². The molecule has 7 rings (SSSR count). The molecule has 0 atom stereocenters. The van der Waals surface area contributed by atoms with Crippen molar-refractivity contribution in [2.24, 2.45) is 0 Å². The van der Waals surface area contributed by atoms with Gasteiger partial charge in [-0.05, 0) is 96.7 Å². The highest BCUT2D eigenvalue weighted by molar-refractivity contribution is 7.98. The molecule has 0 bridgehead atoms. The fourth-order valence-electron chi connectivity index (χ4n) is 7.56. The van der Waals surface area contributed by atoms with Crippen molar-refractivity contribution in [3.8, 4) is 17.0 Å². The highest BCUT2D eigenvalue weighted by Gasteiger charge is 2.32.